The maximum atomic E-state index is 11.7. The zero-order valence-electron chi connectivity index (χ0n) is 13.5. The van der Waals surface area contributed by atoms with Gasteiger partial charge in [-0.1, -0.05) is 6.92 Å². The molecule has 0 aliphatic heterocycles. The monoisotopic (exact) mass is 311 g/mol. The molecule has 0 bridgehead atoms. The number of benzene rings is 1. The van der Waals surface area contributed by atoms with Gasteiger partial charge in [0.15, 0.2) is 11.5 Å². The van der Waals surface area contributed by atoms with E-state index >= 15 is 0 Å². The number of hydrogen-bond donors (Lipinski definition) is 1. The Kier molecular flexibility index (Phi) is 7.43. The van der Waals surface area contributed by atoms with Gasteiger partial charge in [0.05, 0.1) is 20.0 Å². The zero-order chi connectivity index (χ0) is 15.8. The molecule has 0 heterocycles. The number of rotatable bonds is 8. The van der Waals surface area contributed by atoms with Gasteiger partial charge < -0.3 is 14.8 Å². The van der Waals surface area contributed by atoms with E-state index in [4.69, 9.17) is 9.47 Å². The molecule has 0 saturated carbocycles. The average molecular weight is 311 g/mol. The van der Waals surface area contributed by atoms with Crippen molar-refractivity contribution in [2.24, 2.45) is 0 Å². The molecule has 1 rings (SSSR count). The van der Waals surface area contributed by atoms with Gasteiger partial charge in [-0.15, -0.1) is 11.8 Å². The summed E-state index contributed by atoms with van der Waals surface area (Å²) < 4.78 is 10.6. The van der Waals surface area contributed by atoms with E-state index in [0.717, 1.165) is 34.8 Å². The molecular formula is C16H25NO3S. The Morgan fingerprint density at radius 3 is 2.48 bits per heavy atom. The summed E-state index contributed by atoms with van der Waals surface area (Å²) in [6.07, 6.45) is 0.950. The van der Waals surface area contributed by atoms with E-state index in [-0.39, 0.29) is 11.9 Å². The van der Waals surface area contributed by atoms with Crippen LogP contribution in [0.3, 0.4) is 0 Å². The Morgan fingerprint density at radius 2 is 1.90 bits per heavy atom. The topological polar surface area (TPSA) is 47.6 Å². The fourth-order valence-corrected chi connectivity index (χ4v) is 2.75. The largest absolute Gasteiger partial charge is 0.493 e. The molecule has 1 atom stereocenters. The van der Waals surface area contributed by atoms with E-state index in [0.29, 0.717) is 5.75 Å². The van der Waals surface area contributed by atoms with Crippen molar-refractivity contribution >= 4 is 17.7 Å². The van der Waals surface area contributed by atoms with E-state index in [1.54, 1.807) is 26.0 Å². The minimum atomic E-state index is 0.0903. The lowest BCUT2D eigenvalue weighted by Gasteiger charge is -2.13. The van der Waals surface area contributed by atoms with Crippen molar-refractivity contribution in [3.05, 3.63) is 23.3 Å². The van der Waals surface area contributed by atoms with Crippen LogP contribution in [0.4, 0.5) is 0 Å². The molecule has 4 nitrogen and oxygen atoms in total. The lowest BCUT2D eigenvalue weighted by molar-refractivity contribution is -0.119. The SMILES string of the molecule is CC[C@@H](C)NC(=O)CSCc1cc(OC)c(OC)cc1C. The summed E-state index contributed by atoms with van der Waals surface area (Å²) >= 11 is 1.61. The van der Waals surface area contributed by atoms with Crippen molar-refractivity contribution in [2.45, 2.75) is 39.0 Å². The van der Waals surface area contributed by atoms with Crippen LogP contribution in [0, 0.1) is 6.92 Å². The van der Waals surface area contributed by atoms with Crippen LogP contribution in [-0.2, 0) is 10.5 Å². The molecule has 1 aromatic rings. The van der Waals surface area contributed by atoms with Crippen LogP contribution in [-0.4, -0.2) is 31.9 Å². The molecule has 1 amide bonds. The normalized spacial score (nSPS) is 11.9. The quantitative estimate of drug-likeness (QED) is 0.801. The Hall–Kier alpha value is -1.36. The van der Waals surface area contributed by atoms with Crippen LogP contribution in [0.5, 0.6) is 11.5 Å². The molecule has 21 heavy (non-hydrogen) atoms. The molecule has 0 fully saturated rings. The molecule has 5 heteroatoms. The number of carbonyl (C=O) groups is 1. The fourth-order valence-electron chi connectivity index (χ4n) is 1.85. The van der Waals surface area contributed by atoms with Gasteiger partial charge in [0.2, 0.25) is 5.91 Å². The van der Waals surface area contributed by atoms with Crippen molar-refractivity contribution in [3.8, 4) is 11.5 Å². The van der Waals surface area contributed by atoms with Gasteiger partial charge in [-0.3, -0.25) is 4.79 Å². The Balaban J connectivity index is 2.57. The first kappa shape index (κ1) is 17.7. The third kappa shape index (κ3) is 5.50. The standard InChI is InChI=1S/C16H25NO3S/c1-6-12(3)17-16(18)10-21-9-13-8-15(20-5)14(19-4)7-11(13)2/h7-8,12H,6,9-10H2,1-5H3,(H,17,18)/t12-/m1/s1. The van der Waals surface area contributed by atoms with Crippen molar-refractivity contribution < 1.29 is 14.3 Å². The average Bonchev–Trinajstić information content (AvgIpc) is 2.48. The summed E-state index contributed by atoms with van der Waals surface area (Å²) in [5, 5.41) is 2.97. The first-order chi connectivity index (χ1) is 10.0. The third-order valence-electron chi connectivity index (χ3n) is 3.35. The Bertz CT molecular complexity index is 477. The maximum Gasteiger partial charge on any atom is 0.230 e. The van der Waals surface area contributed by atoms with Crippen LogP contribution in [0.15, 0.2) is 12.1 Å². The second-order valence-electron chi connectivity index (χ2n) is 5.00. The first-order valence-electron chi connectivity index (χ1n) is 7.10. The van der Waals surface area contributed by atoms with Crippen LogP contribution in [0.1, 0.15) is 31.4 Å². The first-order valence-corrected chi connectivity index (χ1v) is 8.25. The Morgan fingerprint density at radius 1 is 1.29 bits per heavy atom. The Labute approximate surface area is 131 Å². The second kappa shape index (κ2) is 8.82. The fraction of sp³-hybridized carbons (Fsp3) is 0.562. The molecule has 0 unspecified atom stereocenters. The van der Waals surface area contributed by atoms with Crippen LogP contribution >= 0.6 is 11.8 Å². The van der Waals surface area contributed by atoms with Gasteiger partial charge in [-0.05, 0) is 43.5 Å². The molecule has 0 aromatic heterocycles. The van der Waals surface area contributed by atoms with Crippen molar-refractivity contribution in [3.63, 3.8) is 0 Å². The predicted molar refractivity (Wildman–Crippen MR) is 88.3 cm³/mol. The second-order valence-corrected chi connectivity index (χ2v) is 5.99. The van der Waals surface area contributed by atoms with Crippen LogP contribution < -0.4 is 14.8 Å². The maximum absolute atomic E-state index is 11.7. The molecule has 1 aromatic carbocycles. The van der Waals surface area contributed by atoms with E-state index in [2.05, 4.69) is 12.2 Å². The lowest BCUT2D eigenvalue weighted by atomic mass is 10.1. The highest BCUT2D eigenvalue weighted by atomic mass is 32.2. The number of carbonyl (C=O) groups excluding carboxylic acids is 1. The number of nitrogens with one attached hydrogen (secondary N) is 1. The van der Waals surface area contributed by atoms with Gasteiger partial charge in [0.1, 0.15) is 0 Å². The van der Waals surface area contributed by atoms with Gasteiger partial charge in [-0.2, -0.15) is 0 Å². The van der Waals surface area contributed by atoms with E-state index in [9.17, 15) is 4.79 Å². The minimum Gasteiger partial charge on any atom is -0.493 e. The molecule has 0 radical (unpaired) electrons. The van der Waals surface area contributed by atoms with Gasteiger partial charge in [0, 0.05) is 11.8 Å². The third-order valence-corrected chi connectivity index (χ3v) is 4.33. The summed E-state index contributed by atoms with van der Waals surface area (Å²) in [5.41, 5.74) is 2.30. The predicted octanol–water partition coefficient (Wildman–Crippen LogP) is 3.16. The van der Waals surface area contributed by atoms with Gasteiger partial charge in [-0.25, -0.2) is 0 Å². The highest BCUT2D eigenvalue weighted by molar-refractivity contribution is 7.99. The molecule has 0 aliphatic carbocycles. The molecule has 118 valence electrons. The van der Waals surface area contributed by atoms with E-state index in [1.165, 1.54) is 0 Å². The molecular weight excluding hydrogens is 286 g/mol. The van der Waals surface area contributed by atoms with Gasteiger partial charge >= 0.3 is 0 Å². The summed E-state index contributed by atoms with van der Waals surface area (Å²) in [6, 6.07) is 4.18. The number of thioether (sulfide) groups is 1. The molecule has 0 aliphatic rings. The van der Waals surface area contributed by atoms with Crippen LogP contribution in [0.25, 0.3) is 0 Å². The van der Waals surface area contributed by atoms with Crippen LogP contribution in [0.2, 0.25) is 0 Å². The summed E-state index contributed by atoms with van der Waals surface area (Å²) in [7, 11) is 3.26. The summed E-state index contributed by atoms with van der Waals surface area (Å²) in [4.78, 5) is 11.7. The van der Waals surface area contributed by atoms with Crippen molar-refractivity contribution in [1.82, 2.24) is 5.32 Å². The smallest absolute Gasteiger partial charge is 0.230 e. The van der Waals surface area contributed by atoms with E-state index < -0.39 is 0 Å². The zero-order valence-corrected chi connectivity index (χ0v) is 14.3. The van der Waals surface area contributed by atoms with Gasteiger partial charge in [0.25, 0.3) is 0 Å². The number of hydrogen-bond acceptors (Lipinski definition) is 4. The molecule has 1 N–H and O–H groups in total. The number of ether oxygens (including phenoxy) is 2. The summed E-state index contributed by atoms with van der Waals surface area (Å²) in [6.45, 7) is 6.11. The van der Waals surface area contributed by atoms with Crippen molar-refractivity contribution in [2.75, 3.05) is 20.0 Å². The highest BCUT2D eigenvalue weighted by Gasteiger charge is 2.10. The minimum absolute atomic E-state index is 0.0903. The van der Waals surface area contributed by atoms with Crippen molar-refractivity contribution in [1.29, 1.82) is 0 Å². The van der Waals surface area contributed by atoms with E-state index in [1.807, 2.05) is 26.0 Å². The molecule has 0 saturated heterocycles. The number of aryl methyl sites for hydroxylation is 1. The molecule has 0 spiro atoms. The number of amides is 1. The lowest BCUT2D eigenvalue weighted by Crippen LogP contribution is -2.33. The number of methoxy groups -OCH3 is 2. The summed E-state index contributed by atoms with van der Waals surface area (Å²) in [5.74, 6) is 2.80. The highest BCUT2D eigenvalue weighted by Crippen LogP contribution is 2.31.